The second-order valence-corrected chi connectivity index (χ2v) is 6.44. The van der Waals surface area contributed by atoms with Gasteiger partial charge in [0, 0.05) is 17.8 Å². The van der Waals surface area contributed by atoms with Crippen molar-refractivity contribution in [2.75, 3.05) is 23.7 Å². The Morgan fingerprint density at radius 3 is 2.91 bits per heavy atom. The molecule has 0 aromatic heterocycles. The Balaban J connectivity index is 1.65. The number of nitrogens with zero attached hydrogens (tertiary/aromatic N) is 1. The predicted molar refractivity (Wildman–Crippen MR) is 88.2 cm³/mol. The van der Waals surface area contributed by atoms with E-state index < -0.39 is 0 Å². The molecule has 2 aliphatic rings. The summed E-state index contributed by atoms with van der Waals surface area (Å²) < 4.78 is 5.82. The zero-order valence-electron chi connectivity index (χ0n) is 13.2. The normalized spacial score (nSPS) is 21.9. The number of hydrogen-bond acceptors (Lipinski definition) is 4. The smallest absolute Gasteiger partial charge is 0.239 e. The molecule has 0 saturated heterocycles. The molecule has 5 nitrogen and oxygen atoms in total. The molecule has 0 bridgehead atoms. The van der Waals surface area contributed by atoms with Crippen LogP contribution < -0.4 is 20.7 Å². The van der Waals surface area contributed by atoms with Gasteiger partial charge >= 0.3 is 0 Å². The van der Waals surface area contributed by atoms with Crippen LogP contribution in [0.4, 0.5) is 11.4 Å². The Bertz CT molecular complexity index is 541. The van der Waals surface area contributed by atoms with E-state index in [0.29, 0.717) is 18.3 Å². The number of rotatable bonds is 3. The minimum absolute atomic E-state index is 0.0526. The molecule has 1 saturated carbocycles. The van der Waals surface area contributed by atoms with Gasteiger partial charge in [-0.2, -0.15) is 0 Å². The van der Waals surface area contributed by atoms with Gasteiger partial charge in [-0.25, -0.2) is 0 Å². The number of amides is 1. The fourth-order valence-electron chi connectivity index (χ4n) is 3.39. The van der Waals surface area contributed by atoms with E-state index >= 15 is 0 Å². The van der Waals surface area contributed by atoms with Crippen LogP contribution in [0.5, 0.6) is 5.75 Å². The van der Waals surface area contributed by atoms with E-state index in [1.807, 2.05) is 25.1 Å². The molecule has 5 heteroatoms. The van der Waals surface area contributed by atoms with Crippen molar-refractivity contribution in [2.45, 2.75) is 51.2 Å². The third-order valence-electron chi connectivity index (χ3n) is 4.43. The first-order valence-corrected chi connectivity index (χ1v) is 8.22. The van der Waals surface area contributed by atoms with Gasteiger partial charge in [0.2, 0.25) is 5.91 Å². The van der Waals surface area contributed by atoms with Crippen LogP contribution >= 0.6 is 0 Å². The van der Waals surface area contributed by atoms with Gasteiger partial charge in [-0.3, -0.25) is 4.79 Å². The van der Waals surface area contributed by atoms with Crippen molar-refractivity contribution in [3.8, 4) is 5.75 Å². The van der Waals surface area contributed by atoms with Crippen molar-refractivity contribution in [2.24, 2.45) is 0 Å². The van der Waals surface area contributed by atoms with E-state index in [1.54, 1.807) is 0 Å². The number of benzene rings is 1. The molecule has 1 unspecified atom stereocenters. The molecule has 3 rings (SSSR count). The predicted octanol–water partition coefficient (Wildman–Crippen LogP) is 2.30. The molecule has 1 fully saturated rings. The van der Waals surface area contributed by atoms with Gasteiger partial charge in [-0.1, -0.05) is 19.3 Å². The van der Waals surface area contributed by atoms with Crippen LogP contribution in [0.25, 0.3) is 0 Å². The van der Waals surface area contributed by atoms with Gasteiger partial charge in [0.05, 0.1) is 18.8 Å². The average Bonchev–Trinajstić information content (AvgIpc) is 2.47. The maximum absolute atomic E-state index is 12.3. The number of nitrogen functional groups attached to an aromatic ring is 1. The number of hydrogen-bond donors (Lipinski definition) is 2. The number of nitrogens with two attached hydrogens (primary N) is 1. The molecule has 1 heterocycles. The van der Waals surface area contributed by atoms with Crippen LogP contribution in [0.3, 0.4) is 0 Å². The number of carbonyl (C=O) groups excluding carboxylic acids is 1. The van der Waals surface area contributed by atoms with Crippen LogP contribution in [0.15, 0.2) is 18.2 Å². The summed E-state index contributed by atoms with van der Waals surface area (Å²) in [6.45, 7) is 3.11. The summed E-state index contributed by atoms with van der Waals surface area (Å²) in [5.41, 5.74) is 7.45. The molecule has 120 valence electrons. The number of carbonyl (C=O) groups is 1. The molecule has 1 aliphatic carbocycles. The van der Waals surface area contributed by atoms with Crippen molar-refractivity contribution < 1.29 is 9.53 Å². The van der Waals surface area contributed by atoms with E-state index in [2.05, 4.69) is 10.2 Å². The Hall–Kier alpha value is -1.91. The lowest BCUT2D eigenvalue weighted by Crippen LogP contribution is -2.46. The summed E-state index contributed by atoms with van der Waals surface area (Å²) >= 11 is 0. The van der Waals surface area contributed by atoms with E-state index in [0.717, 1.165) is 30.8 Å². The van der Waals surface area contributed by atoms with Crippen LogP contribution in [0, 0.1) is 0 Å². The Labute approximate surface area is 131 Å². The van der Waals surface area contributed by atoms with E-state index in [-0.39, 0.29) is 12.0 Å². The SMILES string of the molecule is CC1CN(CC(=O)NC2CCCCC2)c2ccc(N)cc2O1. The highest BCUT2D eigenvalue weighted by atomic mass is 16.5. The van der Waals surface area contributed by atoms with Gasteiger partial charge < -0.3 is 20.7 Å². The first-order chi connectivity index (χ1) is 10.6. The van der Waals surface area contributed by atoms with Crippen LogP contribution in [-0.2, 0) is 4.79 Å². The van der Waals surface area contributed by atoms with E-state index in [9.17, 15) is 4.79 Å². The molecule has 0 radical (unpaired) electrons. The van der Waals surface area contributed by atoms with E-state index in [1.165, 1.54) is 19.3 Å². The number of nitrogens with one attached hydrogen (secondary N) is 1. The number of anilines is 2. The Kier molecular flexibility index (Phi) is 4.41. The third kappa shape index (κ3) is 3.46. The fourth-order valence-corrected chi connectivity index (χ4v) is 3.39. The van der Waals surface area contributed by atoms with Crippen LogP contribution in [0.2, 0.25) is 0 Å². The molecule has 22 heavy (non-hydrogen) atoms. The van der Waals surface area contributed by atoms with Crippen LogP contribution in [-0.4, -0.2) is 31.1 Å². The molecule has 0 spiro atoms. The minimum Gasteiger partial charge on any atom is -0.487 e. The Morgan fingerprint density at radius 2 is 2.14 bits per heavy atom. The molecule has 1 atom stereocenters. The second-order valence-electron chi connectivity index (χ2n) is 6.44. The largest absolute Gasteiger partial charge is 0.487 e. The van der Waals surface area contributed by atoms with Gasteiger partial charge in [0.15, 0.2) is 0 Å². The first kappa shape index (κ1) is 15.0. The van der Waals surface area contributed by atoms with Crippen LogP contribution in [0.1, 0.15) is 39.0 Å². The lowest BCUT2D eigenvalue weighted by atomic mass is 9.95. The summed E-state index contributed by atoms with van der Waals surface area (Å²) in [6, 6.07) is 5.97. The van der Waals surface area contributed by atoms with Crippen molar-refractivity contribution in [3.05, 3.63) is 18.2 Å². The zero-order chi connectivity index (χ0) is 15.5. The summed E-state index contributed by atoms with van der Waals surface area (Å²) in [4.78, 5) is 14.4. The average molecular weight is 303 g/mol. The number of fused-ring (bicyclic) bond motifs is 1. The highest BCUT2D eigenvalue weighted by Gasteiger charge is 2.25. The topological polar surface area (TPSA) is 67.6 Å². The van der Waals surface area contributed by atoms with Crippen molar-refractivity contribution >= 4 is 17.3 Å². The molecule has 3 N–H and O–H groups in total. The molecule has 1 aliphatic heterocycles. The third-order valence-corrected chi connectivity index (χ3v) is 4.43. The minimum atomic E-state index is 0.0526. The molecular weight excluding hydrogens is 278 g/mol. The Morgan fingerprint density at radius 1 is 1.36 bits per heavy atom. The maximum atomic E-state index is 12.3. The van der Waals surface area contributed by atoms with Crippen molar-refractivity contribution in [3.63, 3.8) is 0 Å². The fraction of sp³-hybridized carbons (Fsp3) is 0.588. The summed E-state index contributed by atoms with van der Waals surface area (Å²) in [6.07, 6.45) is 6.01. The van der Waals surface area contributed by atoms with E-state index in [4.69, 9.17) is 10.5 Å². The maximum Gasteiger partial charge on any atom is 0.239 e. The monoisotopic (exact) mass is 303 g/mol. The lowest BCUT2D eigenvalue weighted by molar-refractivity contribution is -0.120. The highest BCUT2D eigenvalue weighted by Crippen LogP contribution is 2.34. The zero-order valence-corrected chi connectivity index (χ0v) is 13.2. The van der Waals surface area contributed by atoms with Crippen molar-refractivity contribution in [1.82, 2.24) is 5.32 Å². The van der Waals surface area contributed by atoms with Crippen molar-refractivity contribution in [1.29, 1.82) is 0 Å². The van der Waals surface area contributed by atoms with Gasteiger partial charge in [-0.05, 0) is 31.9 Å². The van der Waals surface area contributed by atoms with Gasteiger partial charge in [-0.15, -0.1) is 0 Å². The molecular formula is C17H25N3O2. The number of ether oxygens (including phenoxy) is 1. The lowest BCUT2D eigenvalue weighted by Gasteiger charge is -2.35. The highest BCUT2D eigenvalue weighted by molar-refractivity contribution is 5.83. The summed E-state index contributed by atoms with van der Waals surface area (Å²) in [7, 11) is 0. The molecule has 1 amide bonds. The molecule has 1 aromatic carbocycles. The van der Waals surface area contributed by atoms with Gasteiger partial charge in [0.1, 0.15) is 11.9 Å². The summed E-state index contributed by atoms with van der Waals surface area (Å²) in [5.74, 6) is 0.869. The first-order valence-electron chi connectivity index (χ1n) is 8.22. The quantitative estimate of drug-likeness (QED) is 0.841. The van der Waals surface area contributed by atoms with Gasteiger partial charge in [0.25, 0.3) is 0 Å². The summed E-state index contributed by atoms with van der Waals surface area (Å²) in [5, 5.41) is 3.18. The second kappa shape index (κ2) is 6.46. The molecule has 1 aromatic rings. The standard InChI is InChI=1S/C17H25N3O2/c1-12-10-20(15-8-7-13(18)9-16(15)22-12)11-17(21)19-14-5-3-2-4-6-14/h7-9,12,14H,2-6,10-11,18H2,1H3,(H,19,21).